The number of hydrogen-bond acceptors (Lipinski definition) is 3. The summed E-state index contributed by atoms with van der Waals surface area (Å²) < 4.78 is 0.824. The molecule has 1 saturated heterocycles. The fourth-order valence-electron chi connectivity index (χ4n) is 3.34. The summed E-state index contributed by atoms with van der Waals surface area (Å²) in [5.41, 5.74) is -0.461. The van der Waals surface area contributed by atoms with Gasteiger partial charge in [0.1, 0.15) is 5.82 Å². The van der Waals surface area contributed by atoms with Gasteiger partial charge in [0.2, 0.25) is 11.8 Å². The number of imide groups is 1. The third-order valence-electron chi connectivity index (χ3n) is 4.39. The molecule has 1 saturated carbocycles. The first-order valence-corrected chi connectivity index (χ1v) is 7.91. The van der Waals surface area contributed by atoms with Gasteiger partial charge in [-0.1, -0.05) is 41.6 Å². The van der Waals surface area contributed by atoms with Crippen LogP contribution < -0.4 is 4.90 Å². The third kappa shape index (κ3) is 2.28. The first-order chi connectivity index (χ1) is 9.62. The van der Waals surface area contributed by atoms with Crippen LogP contribution in [-0.2, 0) is 9.59 Å². The van der Waals surface area contributed by atoms with E-state index in [0.29, 0.717) is 12.2 Å². The highest BCUT2D eigenvalue weighted by molar-refractivity contribution is 9.10. The van der Waals surface area contributed by atoms with Crippen LogP contribution >= 0.6 is 15.9 Å². The zero-order valence-corrected chi connectivity index (χ0v) is 12.9. The summed E-state index contributed by atoms with van der Waals surface area (Å²) in [4.78, 5) is 30.6. The van der Waals surface area contributed by atoms with Crippen LogP contribution in [0.3, 0.4) is 0 Å². The number of carbonyl (C=O) groups is 2. The molecule has 0 atom stereocenters. The quantitative estimate of drug-likeness (QED) is 0.738. The van der Waals surface area contributed by atoms with Gasteiger partial charge in [-0.15, -0.1) is 0 Å². The second-order valence-corrected chi connectivity index (χ2v) is 6.65. The molecule has 106 valence electrons. The maximum absolute atomic E-state index is 12.8. The summed E-state index contributed by atoms with van der Waals surface area (Å²) in [5, 5.41) is 0. The standard InChI is InChI=1S/C15H17BrN2O2/c16-11-5-8-17-12(9-11)18-13(19)10-15(14(18)20)6-3-1-2-4-7-15/h5,8-9H,1-4,6-7,10H2. The largest absolute Gasteiger partial charge is 0.274 e. The number of pyridine rings is 1. The van der Waals surface area contributed by atoms with Gasteiger partial charge in [-0.25, -0.2) is 9.88 Å². The molecule has 2 heterocycles. The predicted octanol–water partition coefficient (Wildman–Crippen LogP) is 3.45. The molecule has 0 unspecified atom stereocenters. The normalized spacial score (nSPS) is 22.4. The van der Waals surface area contributed by atoms with Gasteiger partial charge in [-0.3, -0.25) is 9.59 Å². The average Bonchev–Trinajstić information content (AvgIpc) is 2.58. The van der Waals surface area contributed by atoms with Crippen LogP contribution in [0.25, 0.3) is 0 Å². The molecule has 2 aliphatic rings. The van der Waals surface area contributed by atoms with E-state index in [1.807, 2.05) is 0 Å². The van der Waals surface area contributed by atoms with Crippen molar-refractivity contribution in [1.82, 2.24) is 4.98 Å². The molecule has 0 radical (unpaired) electrons. The van der Waals surface area contributed by atoms with E-state index in [-0.39, 0.29) is 11.8 Å². The minimum Gasteiger partial charge on any atom is -0.274 e. The summed E-state index contributed by atoms with van der Waals surface area (Å²) in [6.07, 6.45) is 8.04. The molecule has 20 heavy (non-hydrogen) atoms. The maximum Gasteiger partial charge on any atom is 0.241 e. The highest BCUT2D eigenvalue weighted by Gasteiger charge is 2.51. The number of anilines is 1. The first-order valence-electron chi connectivity index (χ1n) is 7.11. The van der Waals surface area contributed by atoms with Gasteiger partial charge >= 0.3 is 0 Å². The fraction of sp³-hybridized carbons (Fsp3) is 0.533. The van der Waals surface area contributed by atoms with Crippen molar-refractivity contribution in [3.63, 3.8) is 0 Å². The number of halogens is 1. The number of rotatable bonds is 1. The molecule has 1 aliphatic carbocycles. The van der Waals surface area contributed by atoms with Crippen LogP contribution in [0.5, 0.6) is 0 Å². The molecule has 1 aromatic rings. The Morgan fingerprint density at radius 1 is 1.15 bits per heavy atom. The van der Waals surface area contributed by atoms with E-state index in [4.69, 9.17) is 0 Å². The summed E-state index contributed by atoms with van der Waals surface area (Å²) in [6.45, 7) is 0. The molecule has 0 bridgehead atoms. The summed E-state index contributed by atoms with van der Waals surface area (Å²) in [5.74, 6) is 0.285. The van der Waals surface area contributed by atoms with Crippen molar-refractivity contribution >= 4 is 33.6 Å². The molecule has 3 rings (SSSR count). The van der Waals surface area contributed by atoms with E-state index in [0.717, 1.165) is 30.2 Å². The van der Waals surface area contributed by atoms with E-state index in [1.54, 1.807) is 18.3 Å². The SMILES string of the molecule is O=C1CC2(CCCCCC2)C(=O)N1c1cc(Br)ccn1. The lowest BCUT2D eigenvalue weighted by molar-refractivity contribution is -0.126. The fourth-order valence-corrected chi connectivity index (χ4v) is 3.66. The zero-order valence-electron chi connectivity index (χ0n) is 11.3. The van der Waals surface area contributed by atoms with Crippen LogP contribution in [0.15, 0.2) is 22.8 Å². The lowest BCUT2D eigenvalue weighted by Crippen LogP contribution is -2.36. The number of carbonyl (C=O) groups excluding carboxylic acids is 2. The number of nitrogens with zero attached hydrogens (tertiary/aromatic N) is 2. The lowest BCUT2D eigenvalue weighted by atomic mass is 9.79. The van der Waals surface area contributed by atoms with Crippen molar-refractivity contribution < 1.29 is 9.59 Å². The minimum absolute atomic E-state index is 0.0463. The molecular weight excluding hydrogens is 320 g/mol. The number of amides is 2. The third-order valence-corrected chi connectivity index (χ3v) is 4.89. The van der Waals surface area contributed by atoms with E-state index >= 15 is 0 Å². The molecule has 0 N–H and O–H groups in total. The first kappa shape index (κ1) is 13.7. The predicted molar refractivity (Wildman–Crippen MR) is 79.2 cm³/mol. The topological polar surface area (TPSA) is 50.3 Å². The Labute approximate surface area is 126 Å². The number of hydrogen-bond donors (Lipinski definition) is 0. The van der Waals surface area contributed by atoms with Crippen molar-refractivity contribution in [2.45, 2.75) is 44.9 Å². The Hall–Kier alpha value is -1.23. The molecule has 2 amide bonds. The Balaban J connectivity index is 1.94. The monoisotopic (exact) mass is 336 g/mol. The Bertz CT molecular complexity index is 551. The number of aromatic nitrogens is 1. The van der Waals surface area contributed by atoms with Crippen LogP contribution in [-0.4, -0.2) is 16.8 Å². The lowest BCUT2D eigenvalue weighted by Gasteiger charge is -2.24. The summed E-state index contributed by atoms with van der Waals surface area (Å²) in [6, 6.07) is 3.52. The Morgan fingerprint density at radius 3 is 2.50 bits per heavy atom. The molecular formula is C15H17BrN2O2. The second kappa shape index (κ2) is 5.28. The minimum atomic E-state index is -0.461. The Morgan fingerprint density at radius 2 is 1.85 bits per heavy atom. The average molecular weight is 337 g/mol. The van der Waals surface area contributed by atoms with E-state index in [9.17, 15) is 9.59 Å². The molecule has 5 heteroatoms. The van der Waals surface area contributed by atoms with Crippen LogP contribution in [0.2, 0.25) is 0 Å². The van der Waals surface area contributed by atoms with Crippen LogP contribution in [0.4, 0.5) is 5.82 Å². The van der Waals surface area contributed by atoms with Crippen LogP contribution in [0.1, 0.15) is 44.9 Å². The van der Waals surface area contributed by atoms with Gasteiger partial charge in [-0.2, -0.15) is 0 Å². The van der Waals surface area contributed by atoms with Gasteiger partial charge in [0.25, 0.3) is 0 Å². The molecule has 1 aliphatic heterocycles. The van der Waals surface area contributed by atoms with E-state index in [1.165, 1.54) is 17.7 Å². The van der Waals surface area contributed by atoms with Gasteiger partial charge in [0.15, 0.2) is 0 Å². The molecule has 2 fully saturated rings. The molecule has 1 spiro atoms. The molecule has 4 nitrogen and oxygen atoms in total. The van der Waals surface area contributed by atoms with Gasteiger partial charge in [0.05, 0.1) is 5.41 Å². The van der Waals surface area contributed by atoms with E-state index < -0.39 is 5.41 Å². The maximum atomic E-state index is 12.8. The van der Waals surface area contributed by atoms with Crippen LogP contribution in [0, 0.1) is 5.41 Å². The van der Waals surface area contributed by atoms with Crippen molar-refractivity contribution in [3.8, 4) is 0 Å². The molecule has 1 aromatic heterocycles. The van der Waals surface area contributed by atoms with Gasteiger partial charge in [-0.05, 0) is 25.0 Å². The van der Waals surface area contributed by atoms with Crippen molar-refractivity contribution in [3.05, 3.63) is 22.8 Å². The van der Waals surface area contributed by atoms with Crippen molar-refractivity contribution in [1.29, 1.82) is 0 Å². The van der Waals surface area contributed by atoms with Gasteiger partial charge < -0.3 is 0 Å². The van der Waals surface area contributed by atoms with E-state index in [2.05, 4.69) is 20.9 Å². The summed E-state index contributed by atoms with van der Waals surface area (Å²) in [7, 11) is 0. The highest BCUT2D eigenvalue weighted by atomic mass is 79.9. The zero-order chi connectivity index (χ0) is 14.2. The molecule has 0 aromatic carbocycles. The second-order valence-electron chi connectivity index (χ2n) is 5.74. The highest BCUT2D eigenvalue weighted by Crippen LogP contribution is 2.45. The van der Waals surface area contributed by atoms with Gasteiger partial charge in [0, 0.05) is 17.1 Å². The van der Waals surface area contributed by atoms with Crippen molar-refractivity contribution in [2.75, 3.05) is 4.90 Å². The summed E-state index contributed by atoms with van der Waals surface area (Å²) >= 11 is 3.36. The van der Waals surface area contributed by atoms with Crippen molar-refractivity contribution in [2.24, 2.45) is 5.41 Å². The smallest absolute Gasteiger partial charge is 0.241 e. The Kier molecular flexibility index (Phi) is 3.63.